The quantitative estimate of drug-likeness (QED) is 0.542. The Kier molecular flexibility index (Phi) is 4.41. The molecule has 1 amide bonds. The van der Waals surface area contributed by atoms with Crippen molar-refractivity contribution in [2.75, 3.05) is 12.0 Å². The van der Waals surface area contributed by atoms with Crippen molar-refractivity contribution in [3.63, 3.8) is 0 Å². The highest BCUT2D eigenvalue weighted by molar-refractivity contribution is 5.93. The van der Waals surface area contributed by atoms with Gasteiger partial charge >= 0.3 is 0 Å². The van der Waals surface area contributed by atoms with E-state index >= 15 is 0 Å². The third kappa shape index (κ3) is 3.75. The average Bonchev–Trinajstić information content (AvgIpc) is 2.48. The SMILES string of the molecule is NNc1ccnc(C(=O)NCCc2cccnc2)c1. The lowest BCUT2D eigenvalue weighted by atomic mass is 10.2. The molecule has 6 nitrogen and oxygen atoms in total. The molecule has 2 rings (SSSR count). The summed E-state index contributed by atoms with van der Waals surface area (Å²) >= 11 is 0. The number of hydrogen-bond donors (Lipinski definition) is 3. The third-order valence-corrected chi connectivity index (χ3v) is 2.58. The minimum atomic E-state index is -0.221. The lowest BCUT2D eigenvalue weighted by Gasteiger charge is -2.06. The Bertz CT molecular complexity index is 544. The fraction of sp³-hybridized carbons (Fsp3) is 0.154. The lowest BCUT2D eigenvalue weighted by Crippen LogP contribution is -2.26. The van der Waals surface area contributed by atoms with Crippen LogP contribution in [0.2, 0.25) is 0 Å². The summed E-state index contributed by atoms with van der Waals surface area (Å²) in [7, 11) is 0. The van der Waals surface area contributed by atoms with Gasteiger partial charge in [0.2, 0.25) is 0 Å². The first-order chi connectivity index (χ1) is 9.29. The number of hydrogen-bond acceptors (Lipinski definition) is 5. The minimum absolute atomic E-state index is 0.221. The van der Waals surface area contributed by atoms with Crippen molar-refractivity contribution < 1.29 is 4.79 Å². The standard InChI is InChI=1S/C13H15N5O/c14-18-11-4-7-16-12(8-11)13(19)17-6-3-10-2-1-5-15-9-10/h1-2,4-5,7-9H,3,6,14H2,(H,16,18)(H,17,19). The lowest BCUT2D eigenvalue weighted by molar-refractivity contribution is 0.0949. The highest BCUT2D eigenvalue weighted by atomic mass is 16.1. The van der Waals surface area contributed by atoms with Crippen molar-refractivity contribution in [3.8, 4) is 0 Å². The number of nitrogens with zero attached hydrogens (tertiary/aromatic N) is 2. The molecule has 0 aliphatic carbocycles. The van der Waals surface area contributed by atoms with Crippen LogP contribution in [0.3, 0.4) is 0 Å². The molecule has 0 radical (unpaired) electrons. The molecule has 19 heavy (non-hydrogen) atoms. The van der Waals surface area contributed by atoms with Gasteiger partial charge < -0.3 is 10.7 Å². The van der Waals surface area contributed by atoms with Gasteiger partial charge in [0.25, 0.3) is 5.91 Å². The summed E-state index contributed by atoms with van der Waals surface area (Å²) in [5, 5.41) is 2.80. The molecule has 6 heteroatoms. The van der Waals surface area contributed by atoms with Crippen molar-refractivity contribution >= 4 is 11.6 Å². The largest absolute Gasteiger partial charge is 0.350 e. The average molecular weight is 257 g/mol. The number of nitrogens with two attached hydrogens (primary N) is 1. The highest BCUT2D eigenvalue weighted by Crippen LogP contribution is 2.05. The van der Waals surface area contributed by atoms with E-state index in [1.54, 1.807) is 24.5 Å². The van der Waals surface area contributed by atoms with Gasteiger partial charge in [-0.2, -0.15) is 0 Å². The molecule has 0 fully saturated rings. The van der Waals surface area contributed by atoms with E-state index in [4.69, 9.17) is 5.84 Å². The Balaban J connectivity index is 1.87. The van der Waals surface area contributed by atoms with Crippen molar-refractivity contribution in [1.29, 1.82) is 0 Å². The number of carbonyl (C=O) groups excluding carboxylic acids is 1. The van der Waals surface area contributed by atoms with Gasteiger partial charge in [0.15, 0.2) is 0 Å². The van der Waals surface area contributed by atoms with Crippen LogP contribution in [0.4, 0.5) is 5.69 Å². The van der Waals surface area contributed by atoms with Crippen LogP contribution < -0.4 is 16.6 Å². The second kappa shape index (κ2) is 6.46. The van der Waals surface area contributed by atoms with Gasteiger partial charge in [0.1, 0.15) is 5.69 Å². The minimum Gasteiger partial charge on any atom is -0.350 e. The first-order valence-corrected chi connectivity index (χ1v) is 5.89. The van der Waals surface area contributed by atoms with Crippen LogP contribution in [-0.2, 0) is 6.42 Å². The zero-order valence-electron chi connectivity index (χ0n) is 10.3. The number of nitrogens with one attached hydrogen (secondary N) is 2. The molecule has 0 atom stereocenters. The van der Waals surface area contributed by atoms with Crippen LogP contribution in [0.25, 0.3) is 0 Å². The maximum absolute atomic E-state index is 11.8. The Morgan fingerprint density at radius 3 is 2.95 bits per heavy atom. The molecule has 0 saturated heterocycles. The zero-order valence-corrected chi connectivity index (χ0v) is 10.3. The summed E-state index contributed by atoms with van der Waals surface area (Å²) in [6, 6.07) is 7.12. The number of nitrogen functional groups attached to an aromatic ring is 1. The molecule has 2 aromatic rings. The predicted octanol–water partition coefficient (Wildman–Crippen LogP) is 0.735. The van der Waals surface area contributed by atoms with E-state index in [0.29, 0.717) is 17.9 Å². The fourth-order valence-corrected chi connectivity index (χ4v) is 1.60. The summed E-state index contributed by atoms with van der Waals surface area (Å²) in [4.78, 5) is 19.9. The van der Waals surface area contributed by atoms with Gasteiger partial charge in [-0.15, -0.1) is 0 Å². The number of anilines is 1. The summed E-state index contributed by atoms with van der Waals surface area (Å²) in [5.41, 5.74) is 4.53. The van der Waals surface area contributed by atoms with E-state index in [1.807, 2.05) is 12.1 Å². The maximum Gasteiger partial charge on any atom is 0.269 e. The van der Waals surface area contributed by atoms with Crippen LogP contribution in [0.5, 0.6) is 0 Å². The van der Waals surface area contributed by atoms with Crippen LogP contribution in [-0.4, -0.2) is 22.4 Å². The molecule has 0 spiro atoms. The predicted molar refractivity (Wildman–Crippen MR) is 72.3 cm³/mol. The van der Waals surface area contributed by atoms with Crippen molar-refractivity contribution in [2.45, 2.75) is 6.42 Å². The van der Waals surface area contributed by atoms with Crippen molar-refractivity contribution in [1.82, 2.24) is 15.3 Å². The molecule has 0 bridgehead atoms. The normalized spacial score (nSPS) is 9.95. The van der Waals surface area contributed by atoms with E-state index in [-0.39, 0.29) is 5.91 Å². The third-order valence-electron chi connectivity index (χ3n) is 2.58. The Hall–Kier alpha value is -2.47. The Morgan fingerprint density at radius 1 is 1.32 bits per heavy atom. The smallest absolute Gasteiger partial charge is 0.269 e. The molecule has 4 N–H and O–H groups in total. The first-order valence-electron chi connectivity index (χ1n) is 5.89. The number of rotatable bonds is 5. The monoisotopic (exact) mass is 257 g/mol. The first kappa shape index (κ1) is 13.0. The maximum atomic E-state index is 11.8. The molecule has 98 valence electrons. The van der Waals surface area contributed by atoms with Gasteiger partial charge in [-0.25, -0.2) is 0 Å². The topological polar surface area (TPSA) is 92.9 Å². The highest BCUT2D eigenvalue weighted by Gasteiger charge is 2.06. The van der Waals surface area contributed by atoms with Crippen LogP contribution in [0, 0.1) is 0 Å². The van der Waals surface area contributed by atoms with E-state index in [0.717, 1.165) is 12.0 Å². The number of pyridine rings is 2. The Labute approximate surface area is 111 Å². The van der Waals surface area contributed by atoms with Gasteiger partial charge in [0, 0.05) is 25.1 Å². The fourth-order valence-electron chi connectivity index (χ4n) is 1.60. The molecule has 0 unspecified atom stereocenters. The van der Waals surface area contributed by atoms with E-state index in [2.05, 4.69) is 20.7 Å². The summed E-state index contributed by atoms with van der Waals surface area (Å²) in [6.45, 7) is 0.534. The van der Waals surface area contributed by atoms with Crippen LogP contribution in [0.1, 0.15) is 16.1 Å². The van der Waals surface area contributed by atoms with Crippen molar-refractivity contribution in [2.24, 2.45) is 5.84 Å². The van der Waals surface area contributed by atoms with Gasteiger partial charge in [-0.1, -0.05) is 6.07 Å². The molecule has 0 saturated carbocycles. The number of hydrazine groups is 1. The second-order valence-electron chi connectivity index (χ2n) is 3.94. The molecule has 0 aliphatic heterocycles. The Morgan fingerprint density at radius 2 is 2.21 bits per heavy atom. The number of aromatic nitrogens is 2. The van der Waals surface area contributed by atoms with E-state index < -0.39 is 0 Å². The van der Waals surface area contributed by atoms with Crippen LogP contribution in [0.15, 0.2) is 42.9 Å². The molecule has 0 aliphatic rings. The van der Waals surface area contributed by atoms with Gasteiger partial charge in [-0.05, 0) is 30.2 Å². The van der Waals surface area contributed by atoms with E-state index in [1.165, 1.54) is 6.20 Å². The van der Waals surface area contributed by atoms with Gasteiger partial charge in [0.05, 0.1) is 5.69 Å². The molecule has 2 heterocycles. The van der Waals surface area contributed by atoms with Gasteiger partial charge in [-0.3, -0.25) is 20.6 Å². The second-order valence-corrected chi connectivity index (χ2v) is 3.94. The summed E-state index contributed by atoms with van der Waals surface area (Å²) in [6.07, 6.45) is 5.76. The van der Waals surface area contributed by atoms with Crippen molar-refractivity contribution in [3.05, 3.63) is 54.1 Å². The number of amides is 1. The molecule has 2 aromatic heterocycles. The van der Waals surface area contributed by atoms with Crippen LogP contribution >= 0.6 is 0 Å². The molecular weight excluding hydrogens is 242 g/mol. The van der Waals surface area contributed by atoms with E-state index in [9.17, 15) is 4.79 Å². The zero-order chi connectivity index (χ0) is 13.5. The summed E-state index contributed by atoms with van der Waals surface area (Å²) in [5.74, 6) is 5.06. The molecular formula is C13H15N5O. The molecule has 0 aromatic carbocycles. The number of carbonyl (C=O) groups is 1. The summed E-state index contributed by atoms with van der Waals surface area (Å²) < 4.78 is 0.